The molecular weight excluding hydrogens is 220 g/mol. The maximum atomic E-state index is 6.29. The number of aromatic nitrogens is 2. The Bertz CT molecular complexity index is 375. The van der Waals surface area contributed by atoms with Gasteiger partial charge in [0.2, 0.25) is 0 Å². The lowest BCUT2D eigenvalue weighted by Gasteiger charge is -2.12. The third-order valence-electron chi connectivity index (χ3n) is 4.17. The third-order valence-corrected chi connectivity index (χ3v) is 4.45. The van der Waals surface area contributed by atoms with Crippen LogP contribution in [0.1, 0.15) is 63.1 Å². The molecule has 1 unspecified atom stereocenters. The highest BCUT2D eigenvalue weighted by Crippen LogP contribution is 2.41. The van der Waals surface area contributed by atoms with E-state index in [0.717, 1.165) is 11.1 Å². The van der Waals surface area contributed by atoms with Crippen molar-refractivity contribution in [2.45, 2.75) is 57.4 Å². The largest absolute Gasteiger partial charge is 0.251 e. The zero-order valence-corrected chi connectivity index (χ0v) is 10.6. The topological polar surface area (TPSA) is 17.8 Å². The molecule has 0 aromatic carbocycles. The first-order chi connectivity index (χ1) is 7.75. The highest BCUT2D eigenvalue weighted by molar-refractivity contribution is 6.29. The lowest BCUT2D eigenvalue weighted by Crippen LogP contribution is -2.09. The molecule has 0 amide bonds. The van der Waals surface area contributed by atoms with Crippen LogP contribution in [0, 0.1) is 5.92 Å². The van der Waals surface area contributed by atoms with Gasteiger partial charge in [-0.1, -0.05) is 24.4 Å². The molecule has 2 aliphatic rings. The Labute approximate surface area is 102 Å². The molecule has 2 fully saturated rings. The zero-order chi connectivity index (χ0) is 11.1. The van der Waals surface area contributed by atoms with Crippen molar-refractivity contribution in [3.05, 3.63) is 16.9 Å². The van der Waals surface area contributed by atoms with Gasteiger partial charge in [-0.05, 0) is 44.6 Å². The van der Waals surface area contributed by atoms with Gasteiger partial charge in [-0.25, -0.2) is 0 Å². The van der Waals surface area contributed by atoms with Gasteiger partial charge in [0, 0.05) is 5.92 Å². The summed E-state index contributed by atoms with van der Waals surface area (Å²) in [4.78, 5) is 0. The summed E-state index contributed by atoms with van der Waals surface area (Å²) in [6.07, 6.45) is 7.99. The fourth-order valence-electron chi connectivity index (χ4n) is 2.87. The van der Waals surface area contributed by atoms with Gasteiger partial charge >= 0.3 is 0 Å². The molecule has 2 nitrogen and oxygen atoms in total. The van der Waals surface area contributed by atoms with Gasteiger partial charge in [-0.2, -0.15) is 5.10 Å². The summed E-state index contributed by atoms with van der Waals surface area (Å²) in [6.45, 7) is 2.25. The molecule has 0 spiro atoms. The van der Waals surface area contributed by atoms with Gasteiger partial charge in [0.15, 0.2) is 0 Å². The van der Waals surface area contributed by atoms with E-state index in [9.17, 15) is 0 Å². The van der Waals surface area contributed by atoms with Crippen molar-refractivity contribution in [1.82, 2.24) is 9.78 Å². The van der Waals surface area contributed by atoms with Crippen LogP contribution >= 0.6 is 11.6 Å². The third kappa shape index (κ3) is 1.88. The van der Waals surface area contributed by atoms with Crippen LogP contribution in [0.25, 0.3) is 0 Å². The predicted molar refractivity (Wildman–Crippen MR) is 65.9 cm³/mol. The first kappa shape index (κ1) is 10.6. The molecule has 3 rings (SSSR count). The van der Waals surface area contributed by atoms with Crippen molar-refractivity contribution in [3.63, 3.8) is 0 Å². The summed E-state index contributed by atoms with van der Waals surface area (Å²) in [5, 5.41) is 5.57. The zero-order valence-electron chi connectivity index (χ0n) is 9.82. The fraction of sp³-hybridized carbons (Fsp3) is 0.769. The number of rotatable bonds is 3. The Kier molecular flexibility index (Phi) is 2.70. The fourth-order valence-corrected chi connectivity index (χ4v) is 3.18. The molecular formula is C13H19ClN2. The quantitative estimate of drug-likeness (QED) is 0.773. The molecule has 16 heavy (non-hydrogen) atoms. The molecule has 2 saturated carbocycles. The number of hydrogen-bond donors (Lipinski definition) is 0. The minimum atomic E-state index is 0.489. The summed E-state index contributed by atoms with van der Waals surface area (Å²) in [6, 6.07) is 2.58. The smallest absolute Gasteiger partial charge is 0.127 e. The second-order valence-corrected chi connectivity index (χ2v) is 5.78. The Hall–Kier alpha value is -0.500. The van der Waals surface area contributed by atoms with Gasteiger partial charge in [0.25, 0.3) is 0 Å². The van der Waals surface area contributed by atoms with Crippen molar-refractivity contribution in [2.24, 2.45) is 5.92 Å². The molecule has 88 valence electrons. The Morgan fingerprint density at radius 1 is 1.31 bits per heavy atom. The van der Waals surface area contributed by atoms with Crippen LogP contribution in [0.3, 0.4) is 0 Å². The number of nitrogens with zero attached hydrogens (tertiary/aromatic N) is 2. The maximum absolute atomic E-state index is 6.29. The highest BCUT2D eigenvalue weighted by Gasteiger charge is 2.31. The van der Waals surface area contributed by atoms with Crippen LogP contribution in [-0.2, 0) is 0 Å². The van der Waals surface area contributed by atoms with E-state index >= 15 is 0 Å². The van der Waals surface area contributed by atoms with E-state index in [-0.39, 0.29) is 0 Å². The lowest BCUT2D eigenvalue weighted by molar-refractivity contribution is 0.434. The van der Waals surface area contributed by atoms with Crippen molar-refractivity contribution in [3.8, 4) is 0 Å². The Morgan fingerprint density at radius 2 is 2.00 bits per heavy atom. The molecule has 0 bridgehead atoms. The number of hydrogen-bond acceptors (Lipinski definition) is 1. The van der Waals surface area contributed by atoms with E-state index in [1.807, 2.05) is 4.68 Å². The van der Waals surface area contributed by atoms with Gasteiger partial charge < -0.3 is 0 Å². The molecule has 1 aromatic rings. The minimum absolute atomic E-state index is 0.489. The molecule has 0 aliphatic heterocycles. The average molecular weight is 239 g/mol. The van der Waals surface area contributed by atoms with Crippen molar-refractivity contribution in [2.75, 3.05) is 0 Å². The monoisotopic (exact) mass is 238 g/mol. The van der Waals surface area contributed by atoms with Crippen molar-refractivity contribution < 1.29 is 0 Å². The van der Waals surface area contributed by atoms with E-state index < -0.39 is 0 Å². The summed E-state index contributed by atoms with van der Waals surface area (Å²) < 4.78 is 2.05. The van der Waals surface area contributed by atoms with E-state index in [1.54, 1.807) is 0 Å². The molecule has 0 saturated heterocycles. The molecule has 3 heteroatoms. The van der Waals surface area contributed by atoms with Crippen LogP contribution < -0.4 is 0 Å². The normalized spacial score (nSPS) is 23.9. The van der Waals surface area contributed by atoms with Gasteiger partial charge in [-0.15, -0.1) is 0 Å². The van der Waals surface area contributed by atoms with E-state index in [2.05, 4.69) is 13.0 Å². The Balaban J connectivity index is 1.82. The number of halogens is 1. The first-order valence-corrected chi connectivity index (χ1v) is 6.88. The molecule has 2 aliphatic carbocycles. The second-order valence-electron chi connectivity index (χ2n) is 5.40. The molecule has 1 aromatic heterocycles. The highest BCUT2D eigenvalue weighted by atomic mass is 35.5. The van der Waals surface area contributed by atoms with Crippen LogP contribution in [0.5, 0.6) is 0 Å². The molecule has 0 radical (unpaired) electrons. The molecule has 1 atom stereocenters. The van der Waals surface area contributed by atoms with Crippen LogP contribution in [0.2, 0.25) is 5.15 Å². The second kappa shape index (κ2) is 4.06. The van der Waals surface area contributed by atoms with E-state index in [4.69, 9.17) is 16.7 Å². The van der Waals surface area contributed by atoms with Crippen LogP contribution in [0.15, 0.2) is 6.07 Å². The van der Waals surface area contributed by atoms with Gasteiger partial charge in [-0.3, -0.25) is 4.68 Å². The summed E-state index contributed by atoms with van der Waals surface area (Å²) in [5.74, 6) is 1.49. The van der Waals surface area contributed by atoms with Crippen molar-refractivity contribution in [1.29, 1.82) is 0 Å². The Morgan fingerprint density at radius 3 is 2.62 bits per heavy atom. The molecule has 1 heterocycles. The maximum Gasteiger partial charge on any atom is 0.127 e. The molecule has 0 N–H and O–H groups in total. The van der Waals surface area contributed by atoms with E-state index in [0.29, 0.717) is 12.0 Å². The van der Waals surface area contributed by atoms with Crippen molar-refractivity contribution >= 4 is 11.6 Å². The van der Waals surface area contributed by atoms with E-state index in [1.165, 1.54) is 44.2 Å². The van der Waals surface area contributed by atoms with Crippen LogP contribution in [0.4, 0.5) is 0 Å². The predicted octanol–water partition coefficient (Wildman–Crippen LogP) is 4.17. The standard InChI is InChI=1S/C13H19ClN2/c1-9(10-6-7-10)16-13(14)8-12(15-16)11-4-2-3-5-11/h8-11H,2-7H2,1H3. The first-order valence-electron chi connectivity index (χ1n) is 6.50. The SMILES string of the molecule is CC(C1CC1)n1nc(C2CCCC2)cc1Cl. The summed E-state index contributed by atoms with van der Waals surface area (Å²) in [7, 11) is 0. The minimum Gasteiger partial charge on any atom is -0.251 e. The average Bonchev–Trinajstić information content (AvgIpc) is 2.84. The summed E-state index contributed by atoms with van der Waals surface area (Å²) in [5.41, 5.74) is 1.23. The van der Waals surface area contributed by atoms with Gasteiger partial charge in [0.1, 0.15) is 5.15 Å². The van der Waals surface area contributed by atoms with Crippen LogP contribution in [-0.4, -0.2) is 9.78 Å². The van der Waals surface area contributed by atoms with Gasteiger partial charge in [0.05, 0.1) is 11.7 Å². The lowest BCUT2D eigenvalue weighted by atomic mass is 10.1. The summed E-state index contributed by atoms with van der Waals surface area (Å²) >= 11 is 6.29.